The van der Waals surface area contributed by atoms with Crippen LogP contribution in [0.4, 0.5) is 0 Å². The Morgan fingerprint density at radius 3 is 1.08 bits per heavy atom. The molecule has 6 nitrogen and oxygen atoms in total. The smallest absolute Gasteiger partial charge is 0.240 e. The number of fused-ring (bicyclic) bond motifs is 10. The Balaban J connectivity index is 1.01. The van der Waals surface area contributed by atoms with Gasteiger partial charge >= 0.3 is 0 Å². The van der Waals surface area contributed by atoms with Gasteiger partial charge in [-0.1, -0.05) is 297 Å². The second-order valence-corrected chi connectivity index (χ2v) is 30.6. The maximum Gasteiger partial charge on any atom is 0.240 e. The second kappa shape index (κ2) is 21.3. The molecule has 0 saturated heterocycles. The molecular weight excluding hydrogens is 1110 g/mol. The lowest BCUT2D eigenvalue weighted by atomic mass is 10.1. The van der Waals surface area contributed by atoms with Crippen LogP contribution in [-0.4, -0.2) is 44.8 Å². The Labute approximate surface area is 517 Å². The van der Waals surface area contributed by atoms with E-state index in [1.807, 2.05) is 0 Å². The first-order chi connectivity index (χ1) is 44.2. The summed E-state index contributed by atoms with van der Waals surface area (Å²) in [5.41, 5.74) is 8.23. The van der Waals surface area contributed by atoms with Gasteiger partial charge in [-0.3, -0.25) is 9.13 Å². The van der Waals surface area contributed by atoms with Crippen molar-refractivity contribution >= 4 is 123 Å². The van der Waals surface area contributed by atoms with Crippen molar-refractivity contribution in [2.24, 2.45) is 0 Å². The van der Waals surface area contributed by atoms with Crippen molar-refractivity contribution in [3.05, 3.63) is 340 Å². The Kier molecular flexibility index (Phi) is 12.5. The molecule has 17 aromatic rings. The minimum Gasteiger partial charge on any atom is -0.309 e. The van der Waals surface area contributed by atoms with Gasteiger partial charge in [0.1, 0.15) is 0 Å². The van der Waals surface area contributed by atoms with E-state index in [4.69, 9.17) is 15.0 Å². The van der Waals surface area contributed by atoms with Crippen LogP contribution in [0.25, 0.3) is 94.4 Å². The zero-order chi connectivity index (χ0) is 58.9. The fourth-order valence-electron chi connectivity index (χ4n) is 14.7. The Bertz CT molecular complexity index is 5230. The van der Waals surface area contributed by atoms with Crippen molar-refractivity contribution in [1.82, 2.24) is 28.7 Å². The zero-order valence-electron chi connectivity index (χ0n) is 48.5. The van der Waals surface area contributed by atoms with Crippen molar-refractivity contribution in [1.29, 1.82) is 0 Å². The molecule has 0 N–H and O–H groups in total. The highest BCUT2D eigenvalue weighted by Crippen LogP contribution is 2.42. The molecule has 0 bridgehead atoms. The number of rotatable bonds is 12. The molecule has 0 aliphatic rings. The monoisotopic (exact) mass is 1170 g/mol. The van der Waals surface area contributed by atoms with Crippen molar-refractivity contribution < 1.29 is 0 Å². The topological polar surface area (TPSA) is 53.5 Å². The first kappa shape index (κ1) is 52.1. The van der Waals surface area contributed by atoms with Gasteiger partial charge in [0.25, 0.3) is 0 Å². The predicted molar refractivity (Wildman–Crippen MR) is 376 cm³/mol. The van der Waals surface area contributed by atoms with Crippen LogP contribution >= 0.6 is 0 Å². The van der Waals surface area contributed by atoms with Crippen LogP contribution in [-0.2, 0) is 0 Å². The SMILES string of the molecule is c1ccc(-n2c3ccccc3c3c2ccc2c4cc([Si](c5ccccc5)(c5ccccc5)c5ccccc5)ccc4n(-c4nc(-c5cccc([Si](c6ccccc6)(c6ccccc6)c6ccccc6)c5)nc(-n5c6ccccc6c6ccccc65)n4)c23)cc1. The third kappa shape index (κ3) is 8.11. The Morgan fingerprint density at radius 1 is 0.225 bits per heavy atom. The van der Waals surface area contributed by atoms with Crippen molar-refractivity contribution in [3.63, 3.8) is 0 Å². The second-order valence-electron chi connectivity index (χ2n) is 23.0. The molecule has 0 amide bonds. The summed E-state index contributed by atoms with van der Waals surface area (Å²) < 4.78 is 7.01. The Morgan fingerprint density at radius 2 is 0.596 bits per heavy atom. The van der Waals surface area contributed by atoms with Gasteiger partial charge in [0.05, 0.1) is 33.1 Å². The number of benzene rings is 13. The molecule has 8 heteroatoms. The number of nitrogens with zero attached hydrogens (tertiary/aromatic N) is 6. The van der Waals surface area contributed by atoms with Crippen LogP contribution in [0.1, 0.15) is 0 Å². The summed E-state index contributed by atoms with van der Waals surface area (Å²) in [5.74, 6) is 1.61. The van der Waals surface area contributed by atoms with E-state index in [1.54, 1.807) is 0 Å². The van der Waals surface area contributed by atoms with E-state index in [2.05, 4.69) is 353 Å². The highest BCUT2D eigenvalue weighted by atomic mass is 28.3. The third-order valence-corrected chi connectivity index (χ3v) is 27.9. The van der Waals surface area contributed by atoms with E-state index >= 15 is 0 Å². The van der Waals surface area contributed by atoms with Crippen LogP contribution in [0.2, 0.25) is 0 Å². The number of aromatic nitrogens is 6. The first-order valence-corrected chi connectivity index (χ1v) is 34.4. The lowest BCUT2D eigenvalue weighted by Crippen LogP contribution is -2.74. The lowest BCUT2D eigenvalue weighted by molar-refractivity contribution is 0.894. The average molecular weight is 1170 g/mol. The molecule has 4 heterocycles. The van der Waals surface area contributed by atoms with Crippen LogP contribution < -0.4 is 41.5 Å². The van der Waals surface area contributed by atoms with Crippen LogP contribution in [0, 0.1) is 0 Å². The molecular formula is C81H56N6Si2. The number of hydrogen-bond acceptors (Lipinski definition) is 3. The minimum absolute atomic E-state index is 0.518. The van der Waals surface area contributed by atoms with Gasteiger partial charge in [-0.2, -0.15) is 15.0 Å². The van der Waals surface area contributed by atoms with E-state index in [1.165, 1.54) is 41.5 Å². The van der Waals surface area contributed by atoms with Gasteiger partial charge in [0.2, 0.25) is 11.9 Å². The summed E-state index contributed by atoms with van der Waals surface area (Å²) in [7, 11) is -6.01. The summed E-state index contributed by atoms with van der Waals surface area (Å²) in [6.45, 7) is 0. The Hall–Kier alpha value is -11.3. The van der Waals surface area contributed by atoms with Gasteiger partial charge in [-0.05, 0) is 84.0 Å². The standard InChI is InChI=1S/C81H56N6Si2/c1-8-30-58(31-9-1)85-74-50-27-24-47-70(74)77-76(85)54-52-69-71-56-66(89(62-38-16-5-17-39-62,63-40-18-6-19-41-63)64-42-20-7-21-43-64)51-53-75(71)87(78(69)77)81-83-79(82-80(84-81)86-72-48-25-22-45-67(72)68-46-23-26-49-73(68)86)57-29-28-44-65(55-57)88(59-32-10-2-11-33-59,60-34-12-3-13-35-60)61-36-14-4-15-37-61/h1-56H. The van der Waals surface area contributed by atoms with Gasteiger partial charge in [0.15, 0.2) is 22.0 Å². The maximum absolute atomic E-state index is 5.87. The predicted octanol–water partition coefficient (Wildman–Crippen LogP) is 13.6. The van der Waals surface area contributed by atoms with E-state index in [0.717, 1.165) is 76.7 Å². The molecule has 0 radical (unpaired) electrons. The number of para-hydroxylation sites is 4. The first-order valence-electron chi connectivity index (χ1n) is 30.4. The van der Waals surface area contributed by atoms with Crippen molar-refractivity contribution in [3.8, 4) is 29.0 Å². The van der Waals surface area contributed by atoms with Gasteiger partial charge in [-0.25, -0.2) is 0 Å². The summed E-state index contributed by atoms with van der Waals surface area (Å²) >= 11 is 0. The average Bonchev–Trinajstić information content (AvgIpc) is 1.65. The molecule has 89 heavy (non-hydrogen) atoms. The summed E-state index contributed by atoms with van der Waals surface area (Å²) in [6.07, 6.45) is 0. The molecule has 13 aromatic carbocycles. The molecule has 0 unspecified atom stereocenters. The number of hydrogen-bond donors (Lipinski definition) is 0. The molecule has 0 spiro atoms. The van der Waals surface area contributed by atoms with Crippen molar-refractivity contribution in [2.75, 3.05) is 0 Å². The normalized spacial score (nSPS) is 12.0. The van der Waals surface area contributed by atoms with Crippen LogP contribution in [0.3, 0.4) is 0 Å². The van der Waals surface area contributed by atoms with E-state index in [9.17, 15) is 0 Å². The lowest BCUT2D eigenvalue weighted by Gasteiger charge is -2.34. The summed E-state index contributed by atoms with van der Waals surface area (Å²) in [6, 6.07) is 125. The maximum atomic E-state index is 5.87. The van der Waals surface area contributed by atoms with Crippen LogP contribution in [0.15, 0.2) is 340 Å². The van der Waals surface area contributed by atoms with Crippen molar-refractivity contribution in [2.45, 2.75) is 0 Å². The summed E-state index contributed by atoms with van der Waals surface area (Å²) in [5, 5.41) is 17.0. The largest absolute Gasteiger partial charge is 0.309 e. The van der Waals surface area contributed by atoms with Gasteiger partial charge < -0.3 is 4.57 Å². The molecule has 0 fully saturated rings. The third-order valence-electron chi connectivity index (χ3n) is 18.4. The molecule has 0 atom stereocenters. The molecule has 418 valence electrons. The molecule has 0 saturated carbocycles. The molecule has 0 aliphatic carbocycles. The highest BCUT2D eigenvalue weighted by Gasteiger charge is 2.43. The van der Waals surface area contributed by atoms with Gasteiger partial charge in [0, 0.05) is 43.6 Å². The van der Waals surface area contributed by atoms with Crippen LogP contribution in [0.5, 0.6) is 0 Å². The molecule has 4 aromatic heterocycles. The van der Waals surface area contributed by atoms with E-state index in [0.29, 0.717) is 17.7 Å². The summed E-state index contributed by atoms with van der Waals surface area (Å²) in [4.78, 5) is 17.4. The molecule has 17 rings (SSSR count). The zero-order valence-corrected chi connectivity index (χ0v) is 50.5. The quantitative estimate of drug-likeness (QED) is 0.0905. The van der Waals surface area contributed by atoms with Gasteiger partial charge in [-0.15, -0.1) is 0 Å². The fourth-order valence-corrected chi connectivity index (χ4v) is 24.3. The minimum atomic E-state index is -3.01. The highest BCUT2D eigenvalue weighted by molar-refractivity contribution is 7.20. The molecule has 0 aliphatic heterocycles. The fraction of sp³-hybridized carbons (Fsp3) is 0. The van der Waals surface area contributed by atoms with E-state index < -0.39 is 16.1 Å². The van der Waals surface area contributed by atoms with E-state index in [-0.39, 0.29) is 0 Å².